The number of nitrogens with one attached hydrogen (secondary N) is 3. The number of imide groups is 1. The minimum atomic E-state index is -2.95. The van der Waals surface area contributed by atoms with Crippen LogP contribution in [0.2, 0.25) is 0 Å². The van der Waals surface area contributed by atoms with E-state index in [1.165, 1.54) is 21.6 Å². The van der Waals surface area contributed by atoms with E-state index in [2.05, 4.69) is 41.0 Å². The molecule has 5 N–H and O–H groups in total. The summed E-state index contributed by atoms with van der Waals surface area (Å²) in [5.74, 6) is -1.50. The predicted octanol–water partition coefficient (Wildman–Crippen LogP) is 3.42. The van der Waals surface area contributed by atoms with Gasteiger partial charge in [0.05, 0.1) is 48.0 Å². The standard InChI is InChI=1S/C38H45F3N12O4/c39-22-15-23(42)19-51(18-22)31-11-14-52-35(47-31)28(17-44-52)38(57)46-30-20-53(49-33(30)34(40)41)25-3-1-21(2-4-25)36(55)45-24-9-12-50(13-10-24)26-5-7-29(43-16-26)27-6-8-32(54)48-37(27)56/h5,7,11,14,16-17,20-25,27,34H,1-4,6,8-10,12-13,15,18-19,42H2,(H,45,55)(H,46,57)(H,48,54,56)/t21?,22-,23-,25?,27?/m1/s1. The molecule has 1 unspecified atom stereocenters. The van der Waals surface area contributed by atoms with Crippen LogP contribution in [-0.2, 0) is 14.4 Å². The first kappa shape index (κ1) is 38.3. The fourth-order valence-electron chi connectivity index (χ4n) is 8.47. The van der Waals surface area contributed by atoms with Gasteiger partial charge in [-0.2, -0.15) is 10.2 Å². The molecule has 7 heterocycles. The van der Waals surface area contributed by atoms with Gasteiger partial charge in [0, 0.05) is 56.5 Å². The van der Waals surface area contributed by atoms with Crippen molar-refractivity contribution in [2.75, 3.05) is 41.3 Å². The minimum absolute atomic E-state index is 0.0124. The highest BCUT2D eigenvalue weighted by Crippen LogP contribution is 2.36. The fraction of sp³-hybridized carbons (Fsp3) is 0.526. The molecule has 1 aliphatic carbocycles. The molecule has 0 spiro atoms. The Morgan fingerprint density at radius 3 is 2.46 bits per heavy atom. The van der Waals surface area contributed by atoms with Crippen molar-refractivity contribution in [3.05, 3.63) is 59.9 Å². The average molecular weight is 791 g/mol. The van der Waals surface area contributed by atoms with Gasteiger partial charge in [0.25, 0.3) is 12.3 Å². The molecule has 16 nitrogen and oxygen atoms in total. The highest BCUT2D eigenvalue weighted by atomic mass is 19.3. The van der Waals surface area contributed by atoms with Crippen molar-refractivity contribution in [1.29, 1.82) is 0 Å². The van der Waals surface area contributed by atoms with Crippen molar-refractivity contribution in [1.82, 2.24) is 40.0 Å². The predicted molar refractivity (Wildman–Crippen MR) is 202 cm³/mol. The number of anilines is 3. The zero-order chi connectivity index (χ0) is 39.8. The van der Waals surface area contributed by atoms with E-state index in [-0.39, 0.29) is 71.6 Å². The molecule has 4 fully saturated rings. The number of carbonyl (C=O) groups is 4. The number of fused-ring (bicyclic) bond motifs is 1. The van der Waals surface area contributed by atoms with Gasteiger partial charge in [-0.15, -0.1) is 0 Å². The molecular formula is C38H45F3N12O4. The van der Waals surface area contributed by atoms with E-state index in [9.17, 15) is 32.3 Å². The number of halogens is 3. The lowest BCUT2D eigenvalue weighted by Gasteiger charge is -2.35. The van der Waals surface area contributed by atoms with Crippen LogP contribution >= 0.6 is 0 Å². The van der Waals surface area contributed by atoms with Crippen LogP contribution < -0.4 is 31.5 Å². The summed E-state index contributed by atoms with van der Waals surface area (Å²) in [6.07, 6.45) is 6.74. The second kappa shape index (κ2) is 16.1. The number of piperidine rings is 3. The first-order valence-corrected chi connectivity index (χ1v) is 19.5. The van der Waals surface area contributed by atoms with E-state index in [1.54, 1.807) is 23.4 Å². The molecule has 19 heteroatoms. The molecule has 302 valence electrons. The highest BCUT2D eigenvalue weighted by molar-refractivity contribution is 6.08. The van der Waals surface area contributed by atoms with E-state index < -0.39 is 30.1 Å². The lowest BCUT2D eigenvalue weighted by Crippen LogP contribution is -2.48. The molecule has 3 atom stereocenters. The van der Waals surface area contributed by atoms with Gasteiger partial charge >= 0.3 is 0 Å². The van der Waals surface area contributed by atoms with Gasteiger partial charge in [0.2, 0.25) is 17.7 Å². The summed E-state index contributed by atoms with van der Waals surface area (Å²) in [6.45, 7) is 1.97. The van der Waals surface area contributed by atoms with E-state index >= 15 is 0 Å². The summed E-state index contributed by atoms with van der Waals surface area (Å²) < 4.78 is 45.5. The van der Waals surface area contributed by atoms with Crippen LogP contribution in [0.15, 0.2) is 43.0 Å². The van der Waals surface area contributed by atoms with Crippen LogP contribution in [0.25, 0.3) is 5.65 Å². The quantitative estimate of drug-likeness (QED) is 0.181. The maximum Gasteiger partial charge on any atom is 0.284 e. The van der Waals surface area contributed by atoms with Crippen molar-refractivity contribution < 1.29 is 32.3 Å². The van der Waals surface area contributed by atoms with Crippen LogP contribution in [0.3, 0.4) is 0 Å². The summed E-state index contributed by atoms with van der Waals surface area (Å²) in [4.78, 5) is 63.4. The Morgan fingerprint density at radius 1 is 0.965 bits per heavy atom. The second-order valence-corrected chi connectivity index (χ2v) is 15.5. The van der Waals surface area contributed by atoms with E-state index in [4.69, 9.17) is 5.73 Å². The smallest absolute Gasteiger partial charge is 0.284 e. The van der Waals surface area contributed by atoms with E-state index in [0.29, 0.717) is 56.6 Å². The van der Waals surface area contributed by atoms with Gasteiger partial charge in [-0.05, 0) is 69.6 Å². The Labute approximate surface area is 325 Å². The number of aromatic nitrogens is 6. The number of amides is 4. The van der Waals surface area contributed by atoms with E-state index in [1.807, 2.05) is 12.1 Å². The van der Waals surface area contributed by atoms with Crippen molar-refractivity contribution >= 4 is 46.5 Å². The van der Waals surface area contributed by atoms with Crippen molar-refractivity contribution in [2.45, 2.75) is 94.4 Å². The zero-order valence-electron chi connectivity index (χ0n) is 31.2. The monoisotopic (exact) mass is 790 g/mol. The topological polar surface area (TPSA) is 198 Å². The third-order valence-electron chi connectivity index (χ3n) is 11.6. The Hall–Kier alpha value is -5.59. The summed E-state index contributed by atoms with van der Waals surface area (Å²) in [5, 5.41) is 16.5. The normalized spacial score (nSPS) is 24.8. The molecule has 57 heavy (non-hydrogen) atoms. The number of hydrogen-bond donors (Lipinski definition) is 4. The van der Waals surface area contributed by atoms with Crippen LogP contribution in [0.1, 0.15) is 97.9 Å². The Bertz CT molecular complexity index is 2120. The molecule has 3 aliphatic heterocycles. The molecule has 0 bridgehead atoms. The second-order valence-electron chi connectivity index (χ2n) is 15.5. The van der Waals surface area contributed by atoms with Gasteiger partial charge < -0.3 is 26.2 Å². The molecule has 8 rings (SSSR count). The largest absolute Gasteiger partial charge is 0.370 e. The number of nitrogens with zero attached hydrogens (tertiary/aromatic N) is 8. The number of rotatable bonds is 9. The van der Waals surface area contributed by atoms with E-state index in [0.717, 1.165) is 31.6 Å². The van der Waals surface area contributed by atoms with Gasteiger partial charge in [0.1, 0.15) is 17.6 Å². The fourth-order valence-corrected chi connectivity index (χ4v) is 8.47. The SMILES string of the molecule is N[C@@H]1C[C@@H](F)CN(c2ccn3ncc(C(=O)Nc4cn(C5CCC(C(=O)NC6CCN(c7ccc(C8CCC(=O)NC8=O)nc7)CC6)CC5)nc4C(F)F)c3n2)C1. The molecular weight excluding hydrogens is 745 g/mol. The number of pyridine rings is 1. The van der Waals surface area contributed by atoms with Crippen LogP contribution in [0, 0.1) is 5.92 Å². The van der Waals surface area contributed by atoms with Crippen molar-refractivity contribution in [2.24, 2.45) is 11.7 Å². The van der Waals surface area contributed by atoms with Gasteiger partial charge in [0.15, 0.2) is 11.3 Å². The Morgan fingerprint density at radius 2 is 1.75 bits per heavy atom. The first-order chi connectivity index (χ1) is 27.5. The Balaban J connectivity index is 0.834. The molecule has 3 saturated heterocycles. The number of hydrogen-bond acceptors (Lipinski definition) is 11. The van der Waals surface area contributed by atoms with Crippen molar-refractivity contribution in [3.8, 4) is 0 Å². The summed E-state index contributed by atoms with van der Waals surface area (Å²) in [7, 11) is 0. The molecule has 4 amide bonds. The van der Waals surface area contributed by atoms with Crippen LogP contribution in [0.4, 0.5) is 30.4 Å². The zero-order valence-corrected chi connectivity index (χ0v) is 31.2. The maximum atomic E-state index is 14.2. The lowest BCUT2D eigenvalue weighted by atomic mass is 9.85. The highest BCUT2D eigenvalue weighted by Gasteiger charge is 2.33. The molecule has 4 aromatic rings. The van der Waals surface area contributed by atoms with Crippen LogP contribution in [0.5, 0.6) is 0 Å². The third kappa shape index (κ3) is 8.29. The number of alkyl halides is 3. The summed E-state index contributed by atoms with van der Waals surface area (Å²) >= 11 is 0. The summed E-state index contributed by atoms with van der Waals surface area (Å²) in [5.41, 5.74) is 7.14. The van der Waals surface area contributed by atoms with Crippen molar-refractivity contribution in [3.63, 3.8) is 0 Å². The maximum absolute atomic E-state index is 14.2. The minimum Gasteiger partial charge on any atom is -0.370 e. The number of carbonyl (C=O) groups excluding carboxylic acids is 4. The summed E-state index contributed by atoms with van der Waals surface area (Å²) in [6, 6.07) is 4.86. The average Bonchev–Trinajstić information content (AvgIpc) is 3.83. The van der Waals surface area contributed by atoms with Gasteiger partial charge in [-0.25, -0.2) is 22.7 Å². The molecule has 0 radical (unpaired) electrons. The van der Waals surface area contributed by atoms with Gasteiger partial charge in [-0.3, -0.25) is 34.2 Å². The van der Waals surface area contributed by atoms with Crippen LogP contribution in [-0.4, -0.2) is 97.4 Å². The molecule has 4 aliphatic rings. The Kier molecular flexibility index (Phi) is 10.8. The van der Waals surface area contributed by atoms with Gasteiger partial charge in [-0.1, -0.05) is 0 Å². The lowest BCUT2D eigenvalue weighted by molar-refractivity contribution is -0.134. The molecule has 4 aromatic heterocycles. The molecule has 1 saturated carbocycles. The molecule has 0 aromatic carbocycles. The number of nitrogens with two attached hydrogens (primary N) is 1. The first-order valence-electron chi connectivity index (χ1n) is 19.5. The third-order valence-corrected chi connectivity index (χ3v) is 11.6.